The van der Waals surface area contributed by atoms with Crippen molar-refractivity contribution in [1.82, 2.24) is 5.32 Å². The Morgan fingerprint density at radius 3 is 2.59 bits per heavy atom. The summed E-state index contributed by atoms with van der Waals surface area (Å²) >= 11 is 0. The lowest BCUT2D eigenvalue weighted by Crippen LogP contribution is -2.36. The van der Waals surface area contributed by atoms with E-state index >= 15 is 0 Å². The van der Waals surface area contributed by atoms with Crippen LogP contribution in [0, 0.1) is 0 Å². The average molecular weight is 323 g/mol. The first-order valence-corrected chi connectivity index (χ1v) is 8.79. The van der Waals surface area contributed by atoms with Gasteiger partial charge in [0.1, 0.15) is 0 Å². The zero-order valence-corrected chi connectivity index (χ0v) is 12.7. The van der Waals surface area contributed by atoms with E-state index in [1.807, 2.05) is 0 Å². The number of nitrogens with one attached hydrogen (secondary N) is 2. The van der Waals surface area contributed by atoms with Crippen LogP contribution in [0.2, 0.25) is 0 Å². The summed E-state index contributed by atoms with van der Waals surface area (Å²) in [6.45, 7) is 0.432. The fourth-order valence-electron chi connectivity index (χ4n) is 2.33. The van der Waals surface area contributed by atoms with Crippen molar-refractivity contribution in [3.05, 3.63) is 24.3 Å². The molecular weight excluding hydrogens is 306 g/mol. The smallest absolute Gasteiger partial charge is 0.313 e. The van der Waals surface area contributed by atoms with Crippen LogP contribution in [0.3, 0.4) is 0 Å². The number of rotatable bonds is 3. The molecule has 0 bridgehead atoms. The van der Waals surface area contributed by atoms with E-state index < -0.39 is 21.8 Å². The minimum absolute atomic E-state index is 0.110. The Labute approximate surface area is 128 Å². The van der Waals surface area contributed by atoms with Gasteiger partial charge >= 0.3 is 11.8 Å². The van der Waals surface area contributed by atoms with Crippen LogP contribution in [0.4, 0.5) is 11.4 Å². The van der Waals surface area contributed by atoms with Gasteiger partial charge in [0, 0.05) is 18.3 Å². The summed E-state index contributed by atoms with van der Waals surface area (Å²) in [6, 6.07) is 6.61. The molecule has 118 valence electrons. The van der Waals surface area contributed by atoms with Gasteiger partial charge in [0.25, 0.3) is 0 Å². The quantitative estimate of drug-likeness (QED) is 0.789. The molecule has 1 aliphatic heterocycles. The minimum atomic E-state index is -3.27. The minimum Gasteiger partial charge on any atom is -0.345 e. The van der Waals surface area contributed by atoms with Gasteiger partial charge in [-0.1, -0.05) is 6.07 Å². The van der Waals surface area contributed by atoms with Crippen LogP contribution in [-0.4, -0.2) is 38.6 Å². The molecule has 2 aliphatic rings. The predicted molar refractivity (Wildman–Crippen MR) is 82.0 cm³/mol. The molecule has 1 aliphatic carbocycles. The molecule has 2 N–H and O–H groups in total. The Kier molecular flexibility index (Phi) is 3.78. The molecule has 3 rings (SSSR count). The summed E-state index contributed by atoms with van der Waals surface area (Å²) in [4.78, 5) is 23.4. The monoisotopic (exact) mass is 323 g/mol. The highest BCUT2D eigenvalue weighted by molar-refractivity contribution is 7.93. The second kappa shape index (κ2) is 5.60. The number of amides is 2. The standard InChI is InChI=1S/C14H17N3O4S/c18-13(15-10-5-6-10)14(19)16-11-3-1-4-12(9-11)17-7-2-8-22(17,20)21/h1,3-4,9-10H,2,5-8H2,(H,15,18)(H,16,19). The second-order valence-electron chi connectivity index (χ2n) is 5.49. The van der Waals surface area contributed by atoms with Crippen LogP contribution in [0.1, 0.15) is 19.3 Å². The van der Waals surface area contributed by atoms with Gasteiger partial charge in [-0.15, -0.1) is 0 Å². The van der Waals surface area contributed by atoms with E-state index in [9.17, 15) is 18.0 Å². The third kappa shape index (κ3) is 3.22. The number of hydrogen-bond donors (Lipinski definition) is 2. The molecule has 2 fully saturated rings. The molecule has 1 aromatic carbocycles. The van der Waals surface area contributed by atoms with Gasteiger partial charge in [-0.25, -0.2) is 8.42 Å². The molecular formula is C14H17N3O4S. The number of carbonyl (C=O) groups excluding carboxylic acids is 2. The largest absolute Gasteiger partial charge is 0.345 e. The van der Waals surface area contributed by atoms with Crippen molar-refractivity contribution in [3.63, 3.8) is 0 Å². The first kappa shape index (κ1) is 14.8. The van der Waals surface area contributed by atoms with E-state index in [2.05, 4.69) is 10.6 Å². The van der Waals surface area contributed by atoms with Crippen LogP contribution in [0.5, 0.6) is 0 Å². The van der Waals surface area contributed by atoms with Crippen molar-refractivity contribution in [3.8, 4) is 0 Å². The summed E-state index contributed by atoms with van der Waals surface area (Å²) < 4.78 is 25.1. The molecule has 1 heterocycles. The molecule has 0 unspecified atom stereocenters. The van der Waals surface area contributed by atoms with E-state index in [1.54, 1.807) is 24.3 Å². The number of hydrogen-bond acceptors (Lipinski definition) is 4. The average Bonchev–Trinajstić information content (AvgIpc) is 3.20. The van der Waals surface area contributed by atoms with Crippen LogP contribution >= 0.6 is 0 Å². The van der Waals surface area contributed by atoms with E-state index in [4.69, 9.17) is 0 Å². The van der Waals surface area contributed by atoms with Crippen molar-refractivity contribution in [2.45, 2.75) is 25.3 Å². The maximum absolute atomic E-state index is 11.9. The Bertz CT molecular complexity index is 713. The van der Waals surface area contributed by atoms with Gasteiger partial charge in [-0.05, 0) is 37.5 Å². The molecule has 0 aromatic heterocycles. The number of anilines is 2. The maximum atomic E-state index is 11.9. The summed E-state index contributed by atoms with van der Waals surface area (Å²) in [5.41, 5.74) is 0.897. The lowest BCUT2D eigenvalue weighted by molar-refractivity contribution is -0.136. The Morgan fingerprint density at radius 2 is 1.95 bits per heavy atom. The summed E-state index contributed by atoms with van der Waals surface area (Å²) in [7, 11) is -3.27. The first-order chi connectivity index (χ1) is 10.5. The third-order valence-corrected chi connectivity index (χ3v) is 5.48. The zero-order chi connectivity index (χ0) is 15.7. The molecule has 0 radical (unpaired) electrons. The third-order valence-electron chi connectivity index (χ3n) is 3.61. The SMILES string of the molecule is O=C(Nc1cccc(N2CCCS2(=O)=O)c1)C(=O)NC1CC1. The van der Waals surface area contributed by atoms with Gasteiger partial charge in [0.2, 0.25) is 10.0 Å². The van der Waals surface area contributed by atoms with Crippen molar-refractivity contribution < 1.29 is 18.0 Å². The molecule has 0 atom stereocenters. The van der Waals surface area contributed by atoms with Crippen LogP contribution < -0.4 is 14.9 Å². The fourth-order valence-corrected chi connectivity index (χ4v) is 3.89. The first-order valence-electron chi connectivity index (χ1n) is 7.18. The lowest BCUT2D eigenvalue weighted by atomic mass is 10.2. The van der Waals surface area contributed by atoms with Gasteiger partial charge in [0.05, 0.1) is 11.4 Å². The molecule has 7 nitrogen and oxygen atoms in total. The van der Waals surface area contributed by atoms with Gasteiger partial charge in [-0.3, -0.25) is 13.9 Å². The Morgan fingerprint density at radius 1 is 1.18 bits per heavy atom. The molecule has 1 aromatic rings. The number of carbonyl (C=O) groups is 2. The van der Waals surface area contributed by atoms with Crippen LogP contribution in [-0.2, 0) is 19.6 Å². The molecule has 0 spiro atoms. The molecule has 1 saturated carbocycles. The normalized spacial score (nSPS) is 19.7. The van der Waals surface area contributed by atoms with Crippen molar-refractivity contribution in [2.24, 2.45) is 0 Å². The Balaban J connectivity index is 1.71. The van der Waals surface area contributed by atoms with Crippen LogP contribution in [0.15, 0.2) is 24.3 Å². The Hall–Kier alpha value is -2.09. The molecule has 8 heteroatoms. The topological polar surface area (TPSA) is 95.6 Å². The molecule has 1 saturated heterocycles. The highest BCUT2D eigenvalue weighted by Crippen LogP contribution is 2.26. The van der Waals surface area contributed by atoms with Gasteiger partial charge in [-0.2, -0.15) is 0 Å². The van der Waals surface area contributed by atoms with E-state index in [0.717, 1.165) is 12.8 Å². The maximum Gasteiger partial charge on any atom is 0.313 e. The predicted octanol–water partition coefficient (Wildman–Crippen LogP) is 0.444. The van der Waals surface area contributed by atoms with Gasteiger partial charge < -0.3 is 10.6 Å². The molecule has 2 amide bonds. The number of nitrogens with zero attached hydrogens (tertiary/aromatic N) is 1. The second-order valence-corrected chi connectivity index (χ2v) is 7.51. The van der Waals surface area contributed by atoms with Crippen molar-refractivity contribution in [1.29, 1.82) is 0 Å². The summed E-state index contributed by atoms with van der Waals surface area (Å²) in [5, 5.41) is 5.09. The van der Waals surface area contributed by atoms with Gasteiger partial charge in [0.15, 0.2) is 0 Å². The van der Waals surface area contributed by atoms with Crippen LogP contribution in [0.25, 0.3) is 0 Å². The zero-order valence-electron chi connectivity index (χ0n) is 11.9. The highest BCUT2D eigenvalue weighted by Gasteiger charge is 2.29. The summed E-state index contributed by atoms with van der Waals surface area (Å²) in [5.74, 6) is -1.28. The number of sulfonamides is 1. The van der Waals surface area contributed by atoms with E-state index in [1.165, 1.54) is 4.31 Å². The van der Waals surface area contributed by atoms with E-state index in [-0.39, 0.29) is 11.8 Å². The highest BCUT2D eigenvalue weighted by atomic mass is 32.2. The molecule has 22 heavy (non-hydrogen) atoms. The number of benzene rings is 1. The lowest BCUT2D eigenvalue weighted by Gasteiger charge is -2.17. The fraction of sp³-hybridized carbons (Fsp3) is 0.429. The van der Waals surface area contributed by atoms with Crippen molar-refractivity contribution in [2.75, 3.05) is 21.9 Å². The summed E-state index contributed by atoms with van der Waals surface area (Å²) in [6.07, 6.45) is 2.39. The van der Waals surface area contributed by atoms with E-state index in [0.29, 0.717) is 24.3 Å². The van der Waals surface area contributed by atoms with Crippen molar-refractivity contribution >= 4 is 33.2 Å².